The number of nitrogens with one attached hydrogen (secondary N) is 1. The Kier molecular flexibility index (Phi) is 3.75. The maximum Gasteiger partial charge on any atom is 0.245 e. The molecule has 0 aliphatic carbocycles. The Labute approximate surface area is 125 Å². The summed E-state index contributed by atoms with van der Waals surface area (Å²) in [4.78, 5) is 14.5. The quantitative estimate of drug-likeness (QED) is 0.888. The maximum absolute atomic E-state index is 12.7. The Hall–Kier alpha value is -1.40. The average molecular weight is 308 g/mol. The van der Waals surface area contributed by atoms with Crippen LogP contribution in [0.1, 0.15) is 31.4 Å². The van der Waals surface area contributed by atoms with Gasteiger partial charge in [0, 0.05) is 6.04 Å². The van der Waals surface area contributed by atoms with Gasteiger partial charge in [-0.05, 0) is 25.3 Å². The van der Waals surface area contributed by atoms with Crippen LogP contribution < -0.4 is 5.32 Å². The van der Waals surface area contributed by atoms with Gasteiger partial charge in [-0.1, -0.05) is 30.3 Å². The zero-order valence-electron chi connectivity index (χ0n) is 12.0. The molecule has 0 bridgehead atoms. The van der Waals surface area contributed by atoms with Gasteiger partial charge in [0.1, 0.15) is 15.9 Å². The molecular weight excluding hydrogens is 288 g/mol. The van der Waals surface area contributed by atoms with Crippen LogP contribution in [0.3, 0.4) is 0 Å². The third-order valence-electron chi connectivity index (χ3n) is 4.38. The highest BCUT2D eigenvalue weighted by Gasteiger charge is 2.42. The molecule has 2 saturated heterocycles. The number of amides is 1. The van der Waals surface area contributed by atoms with E-state index in [0.29, 0.717) is 12.8 Å². The summed E-state index contributed by atoms with van der Waals surface area (Å²) in [5, 5.41) is 3.31. The van der Waals surface area contributed by atoms with Crippen molar-refractivity contribution in [2.75, 3.05) is 11.5 Å². The fraction of sp³-hybridized carbons (Fsp3) is 0.533. The number of rotatable bonds is 2. The van der Waals surface area contributed by atoms with E-state index in [0.717, 1.165) is 5.56 Å². The van der Waals surface area contributed by atoms with Gasteiger partial charge in [-0.15, -0.1) is 0 Å². The molecule has 1 amide bonds. The zero-order chi connectivity index (χ0) is 15.0. The third-order valence-corrected chi connectivity index (χ3v) is 6.09. The lowest BCUT2D eigenvalue weighted by atomic mass is 10.1. The first-order chi connectivity index (χ1) is 9.98. The number of benzene rings is 1. The molecule has 0 aromatic heterocycles. The van der Waals surface area contributed by atoms with E-state index in [9.17, 15) is 13.2 Å². The first-order valence-electron chi connectivity index (χ1n) is 7.31. The molecule has 0 radical (unpaired) electrons. The Morgan fingerprint density at radius 3 is 2.38 bits per heavy atom. The molecule has 6 heteroatoms. The molecule has 5 nitrogen and oxygen atoms in total. The van der Waals surface area contributed by atoms with E-state index in [4.69, 9.17) is 0 Å². The molecule has 114 valence electrons. The summed E-state index contributed by atoms with van der Waals surface area (Å²) in [5.41, 5.74) is 0.959. The van der Waals surface area contributed by atoms with Crippen LogP contribution in [0, 0.1) is 0 Å². The van der Waals surface area contributed by atoms with Crippen molar-refractivity contribution in [1.29, 1.82) is 0 Å². The number of carbonyl (C=O) groups is 1. The van der Waals surface area contributed by atoms with Crippen LogP contribution in [0.15, 0.2) is 30.3 Å². The summed E-state index contributed by atoms with van der Waals surface area (Å²) in [5.74, 6) is 0.423. The van der Waals surface area contributed by atoms with E-state index >= 15 is 0 Å². The number of nitrogens with zero attached hydrogens (tertiary/aromatic N) is 1. The summed E-state index contributed by atoms with van der Waals surface area (Å²) in [6.07, 6.45) is 1.02. The van der Waals surface area contributed by atoms with Crippen molar-refractivity contribution in [3.05, 3.63) is 35.9 Å². The normalized spacial score (nSPS) is 29.8. The minimum Gasteiger partial charge on any atom is -0.323 e. The fourth-order valence-electron chi connectivity index (χ4n) is 3.27. The minimum absolute atomic E-state index is 0.0252. The molecule has 0 saturated carbocycles. The molecule has 21 heavy (non-hydrogen) atoms. The summed E-state index contributed by atoms with van der Waals surface area (Å²) in [7, 11) is -2.90. The second-order valence-corrected chi connectivity index (χ2v) is 8.12. The van der Waals surface area contributed by atoms with Crippen molar-refractivity contribution in [1.82, 2.24) is 10.2 Å². The van der Waals surface area contributed by atoms with E-state index in [1.165, 1.54) is 0 Å². The van der Waals surface area contributed by atoms with Crippen molar-refractivity contribution < 1.29 is 13.2 Å². The van der Waals surface area contributed by atoms with Crippen molar-refractivity contribution in [3.63, 3.8) is 0 Å². The van der Waals surface area contributed by atoms with E-state index in [-0.39, 0.29) is 35.7 Å². The van der Waals surface area contributed by atoms with Crippen LogP contribution >= 0.6 is 0 Å². The predicted octanol–water partition coefficient (Wildman–Crippen LogP) is 1.08. The largest absolute Gasteiger partial charge is 0.323 e. The second kappa shape index (κ2) is 5.42. The van der Waals surface area contributed by atoms with Crippen molar-refractivity contribution in [2.45, 2.75) is 38.0 Å². The molecule has 2 aliphatic heterocycles. The molecule has 0 spiro atoms. The minimum atomic E-state index is -2.90. The van der Waals surface area contributed by atoms with E-state index in [2.05, 4.69) is 5.32 Å². The van der Waals surface area contributed by atoms with Crippen LogP contribution in [-0.2, 0) is 14.6 Å². The monoisotopic (exact) mass is 308 g/mol. The highest BCUT2D eigenvalue weighted by atomic mass is 32.2. The highest BCUT2D eigenvalue weighted by molar-refractivity contribution is 7.91. The van der Waals surface area contributed by atoms with Crippen molar-refractivity contribution in [3.8, 4) is 0 Å². The summed E-state index contributed by atoms with van der Waals surface area (Å²) >= 11 is 0. The smallest absolute Gasteiger partial charge is 0.245 e. The topological polar surface area (TPSA) is 66.5 Å². The Morgan fingerprint density at radius 1 is 1.14 bits per heavy atom. The standard InChI is InChI=1S/C15H20N2O3S/c1-11-16-14(12-5-3-2-4-6-12)15(18)17(11)13-7-9-21(19,20)10-8-13/h2-6,11,13-14,16H,7-10H2,1H3. The number of sulfone groups is 1. The fourth-order valence-corrected chi connectivity index (χ4v) is 4.74. The molecule has 2 atom stereocenters. The average Bonchev–Trinajstić information content (AvgIpc) is 2.76. The summed E-state index contributed by atoms with van der Waals surface area (Å²) in [6, 6.07) is 9.36. The third kappa shape index (κ3) is 2.82. The van der Waals surface area contributed by atoms with Gasteiger partial charge in [-0.3, -0.25) is 10.1 Å². The van der Waals surface area contributed by atoms with Gasteiger partial charge in [0.2, 0.25) is 5.91 Å². The molecule has 2 aliphatic rings. The van der Waals surface area contributed by atoms with Crippen LogP contribution in [0.2, 0.25) is 0 Å². The first kappa shape index (κ1) is 14.5. The lowest BCUT2D eigenvalue weighted by molar-refractivity contribution is -0.132. The number of carbonyl (C=O) groups excluding carboxylic acids is 1. The Morgan fingerprint density at radius 2 is 1.76 bits per heavy atom. The van der Waals surface area contributed by atoms with Crippen molar-refractivity contribution in [2.24, 2.45) is 0 Å². The summed E-state index contributed by atoms with van der Waals surface area (Å²) < 4.78 is 23.1. The zero-order valence-corrected chi connectivity index (χ0v) is 12.8. The molecule has 1 N–H and O–H groups in total. The van der Waals surface area contributed by atoms with Crippen LogP contribution in [-0.4, -0.2) is 42.9 Å². The van der Waals surface area contributed by atoms with Crippen molar-refractivity contribution >= 4 is 15.7 Å². The van der Waals surface area contributed by atoms with E-state index < -0.39 is 9.84 Å². The molecule has 1 aromatic carbocycles. The molecule has 3 rings (SSSR count). The Bertz CT molecular complexity index is 616. The highest BCUT2D eigenvalue weighted by Crippen LogP contribution is 2.29. The van der Waals surface area contributed by atoms with Gasteiger partial charge >= 0.3 is 0 Å². The van der Waals surface area contributed by atoms with Gasteiger partial charge in [0.15, 0.2) is 0 Å². The van der Waals surface area contributed by atoms with Crippen LogP contribution in [0.25, 0.3) is 0 Å². The summed E-state index contributed by atoms with van der Waals surface area (Å²) in [6.45, 7) is 1.96. The van der Waals surface area contributed by atoms with Gasteiger partial charge in [-0.25, -0.2) is 8.42 Å². The second-order valence-electron chi connectivity index (χ2n) is 5.81. The maximum atomic E-state index is 12.7. The molecule has 2 heterocycles. The van der Waals surface area contributed by atoms with Crippen LogP contribution in [0.5, 0.6) is 0 Å². The lowest BCUT2D eigenvalue weighted by Gasteiger charge is -2.33. The van der Waals surface area contributed by atoms with E-state index in [1.807, 2.05) is 42.2 Å². The Balaban J connectivity index is 1.77. The van der Waals surface area contributed by atoms with Gasteiger partial charge in [0.25, 0.3) is 0 Å². The molecule has 2 unspecified atom stereocenters. The molecule has 1 aromatic rings. The lowest BCUT2D eigenvalue weighted by Crippen LogP contribution is -2.46. The number of hydrogen-bond donors (Lipinski definition) is 1. The molecule has 2 fully saturated rings. The molecular formula is C15H20N2O3S. The van der Waals surface area contributed by atoms with E-state index in [1.54, 1.807) is 0 Å². The van der Waals surface area contributed by atoms with Gasteiger partial charge in [0.05, 0.1) is 17.7 Å². The van der Waals surface area contributed by atoms with Gasteiger partial charge in [-0.2, -0.15) is 0 Å². The van der Waals surface area contributed by atoms with Gasteiger partial charge < -0.3 is 4.90 Å². The van der Waals surface area contributed by atoms with Crippen LogP contribution in [0.4, 0.5) is 0 Å². The first-order valence-corrected chi connectivity index (χ1v) is 9.14. The SMILES string of the molecule is CC1NC(c2ccccc2)C(=O)N1C1CCS(=O)(=O)CC1. The predicted molar refractivity (Wildman–Crippen MR) is 80.3 cm³/mol. The number of hydrogen-bond acceptors (Lipinski definition) is 4.